The summed E-state index contributed by atoms with van der Waals surface area (Å²) in [6.07, 6.45) is 0.360. The third kappa shape index (κ3) is 5.19. The summed E-state index contributed by atoms with van der Waals surface area (Å²) >= 11 is 0. The Kier molecular flexibility index (Phi) is 6.46. The predicted octanol–water partition coefficient (Wildman–Crippen LogP) is 3.22. The van der Waals surface area contributed by atoms with Crippen molar-refractivity contribution in [1.82, 2.24) is 9.80 Å². The van der Waals surface area contributed by atoms with Gasteiger partial charge >= 0.3 is 0 Å². The zero-order chi connectivity index (χ0) is 20.1. The third-order valence-electron chi connectivity index (χ3n) is 4.79. The lowest BCUT2D eigenvalue weighted by Crippen LogP contribution is -2.32. The molecule has 0 bridgehead atoms. The van der Waals surface area contributed by atoms with E-state index in [9.17, 15) is 13.6 Å². The number of carbonyl (C=O) groups is 1. The number of rotatable bonds is 6. The molecule has 2 aromatic carbocycles. The molecule has 0 atom stereocenters. The van der Waals surface area contributed by atoms with Crippen molar-refractivity contribution in [2.75, 3.05) is 33.9 Å². The van der Waals surface area contributed by atoms with Crippen LogP contribution in [0.3, 0.4) is 0 Å². The van der Waals surface area contributed by atoms with Crippen LogP contribution in [0.25, 0.3) is 0 Å². The van der Waals surface area contributed by atoms with E-state index < -0.39 is 11.6 Å². The summed E-state index contributed by atoms with van der Waals surface area (Å²) in [7, 11) is 3.17. The summed E-state index contributed by atoms with van der Waals surface area (Å²) < 4.78 is 37.4. The normalized spacial score (nSPS) is 15.4. The van der Waals surface area contributed by atoms with Crippen LogP contribution in [0.15, 0.2) is 36.4 Å². The number of amides is 1. The van der Waals surface area contributed by atoms with Crippen molar-refractivity contribution in [3.8, 4) is 11.5 Å². The number of hydrogen-bond donors (Lipinski definition) is 0. The van der Waals surface area contributed by atoms with Crippen LogP contribution in [0.1, 0.15) is 17.5 Å². The second kappa shape index (κ2) is 9.01. The lowest BCUT2D eigenvalue weighted by Gasteiger charge is -2.22. The minimum absolute atomic E-state index is 0.0507. The van der Waals surface area contributed by atoms with Gasteiger partial charge in [-0.25, -0.2) is 8.78 Å². The van der Waals surface area contributed by atoms with Crippen molar-refractivity contribution >= 4 is 5.91 Å². The molecule has 0 spiro atoms. The van der Waals surface area contributed by atoms with Gasteiger partial charge in [-0.1, -0.05) is 0 Å². The first kappa shape index (κ1) is 20.1. The Bertz CT molecular complexity index is 802. The molecule has 0 unspecified atom stereocenters. The molecule has 7 heteroatoms. The molecule has 1 saturated heterocycles. The highest BCUT2D eigenvalue weighted by Crippen LogP contribution is 2.24. The van der Waals surface area contributed by atoms with Crippen molar-refractivity contribution in [3.05, 3.63) is 59.2 Å². The average molecular weight is 390 g/mol. The molecule has 0 N–H and O–H groups in total. The first-order valence-corrected chi connectivity index (χ1v) is 9.14. The lowest BCUT2D eigenvalue weighted by molar-refractivity contribution is -0.130. The maximum absolute atomic E-state index is 13.4. The van der Waals surface area contributed by atoms with Crippen molar-refractivity contribution in [2.24, 2.45) is 0 Å². The molecule has 5 nitrogen and oxygen atoms in total. The first-order chi connectivity index (χ1) is 13.5. The second-order valence-corrected chi connectivity index (χ2v) is 6.84. The van der Waals surface area contributed by atoms with Gasteiger partial charge in [0.2, 0.25) is 5.91 Å². The molecule has 1 amide bonds. The molecular weight excluding hydrogens is 366 g/mol. The molecule has 150 valence electrons. The smallest absolute Gasteiger partial charge is 0.224 e. The van der Waals surface area contributed by atoms with Crippen LogP contribution in [0.4, 0.5) is 8.78 Å². The molecule has 0 saturated carbocycles. The zero-order valence-electron chi connectivity index (χ0n) is 16.1. The SMILES string of the molecule is COc1cc(CN2CCN(Cc3cc(F)cc(F)c3)CCC2=O)cc(OC)c1. The fourth-order valence-electron chi connectivity index (χ4n) is 3.37. The number of halogens is 2. The summed E-state index contributed by atoms with van der Waals surface area (Å²) in [5.74, 6) is 0.219. The van der Waals surface area contributed by atoms with Crippen LogP contribution in [0.5, 0.6) is 11.5 Å². The van der Waals surface area contributed by atoms with Gasteiger partial charge in [-0.05, 0) is 35.4 Å². The molecule has 2 aromatic rings. The van der Waals surface area contributed by atoms with Gasteiger partial charge in [-0.3, -0.25) is 9.69 Å². The molecule has 1 fully saturated rings. The first-order valence-electron chi connectivity index (χ1n) is 9.14. The largest absolute Gasteiger partial charge is 0.497 e. The molecule has 0 aromatic heterocycles. The van der Waals surface area contributed by atoms with Crippen LogP contribution < -0.4 is 9.47 Å². The number of benzene rings is 2. The Morgan fingerprint density at radius 2 is 1.43 bits per heavy atom. The number of carbonyl (C=O) groups excluding carboxylic acids is 1. The number of ether oxygens (including phenoxy) is 2. The molecule has 28 heavy (non-hydrogen) atoms. The van der Waals surface area contributed by atoms with Crippen LogP contribution in [0, 0.1) is 11.6 Å². The number of nitrogens with zero attached hydrogens (tertiary/aromatic N) is 2. The van der Waals surface area contributed by atoms with Crippen LogP contribution in [-0.2, 0) is 17.9 Å². The van der Waals surface area contributed by atoms with E-state index in [0.29, 0.717) is 56.2 Å². The molecule has 0 aliphatic carbocycles. The van der Waals surface area contributed by atoms with Gasteiger partial charge in [0.05, 0.1) is 14.2 Å². The Hall–Kier alpha value is -2.67. The Balaban J connectivity index is 1.66. The number of methoxy groups -OCH3 is 2. The van der Waals surface area contributed by atoms with Crippen LogP contribution in [-0.4, -0.2) is 49.6 Å². The molecule has 0 radical (unpaired) electrons. The maximum Gasteiger partial charge on any atom is 0.224 e. The lowest BCUT2D eigenvalue weighted by atomic mass is 10.2. The molecule has 1 heterocycles. The van der Waals surface area contributed by atoms with E-state index in [1.165, 1.54) is 12.1 Å². The van der Waals surface area contributed by atoms with Crippen molar-refractivity contribution in [3.63, 3.8) is 0 Å². The quantitative estimate of drug-likeness (QED) is 0.760. The average Bonchev–Trinajstić information content (AvgIpc) is 2.83. The summed E-state index contributed by atoms with van der Waals surface area (Å²) in [4.78, 5) is 16.4. The highest BCUT2D eigenvalue weighted by molar-refractivity contribution is 5.76. The predicted molar refractivity (Wildman–Crippen MR) is 101 cm³/mol. The van der Waals surface area contributed by atoms with Gasteiger partial charge in [0.25, 0.3) is 0 Å². The molecule has 1 aliphatic heterocycles. The highest BCUT2D eigenvalue weighted by atomic mass is 19.1. The van der Waals surface area contributed by atoms with E-state index in [1.807, 2.05) is 17.0 Å². The molecule has 1 aliphatic rings. The van der Waals surface area contributed by atoms with E-state index in [2.05, 4.69) is 0 Å². The van der Waals surface area contributed by atoms with Gasteiger partial charge in [0, 0.05) is 51.3 Å². The van der Waals surface area contributed by atoms with E-state index in [1.54, 1.807) is 25.2 Å². The zero-order valence-corrected chi connectivity index (χ0v) is 16.1. The summed E-state index contributed by atoms with van der Waals surface area (Å²) in [6, 6.07) is 9.07. The monoisotopic (exact) mass is 390 g/mol. The van der Waals surface area contributed by atoms with Crippen LogP contribution >= 0.6 is 0 Å². The van der Waals surface area contributed by atoms with Gasteiger partial charge < -0.3 is 14.4 Å². The highest BCUT2D eigenvalue weighted by Gasteiger charge is 2.22. The van der Waals surface area contributed by atoms with Gasteiger partial charge in [-0.2, -0.15) is 0 Å². The van der Waals surface area contributed by atoms with Crippen molar-refractivity contribution < 1.29 is 23.0 Å². The summed E-state index contributed by atoms with van der Waals surface area (Å²) in [5.41, 5.74) is 1.49. The van der Waals surface area contributed by atoms with Crippen LogP contribution in [0.2, 0.25) is 0 Å². The van der Waals surface area contributed by atoms with E-state index in [4.69, 9.17) is 9.47 Å². The summed E-state index contributed by atoms with van der Waals surface area (Å²) in [6.45, 7) is 2.58. The Labute approximate surface area is 163 Å². The topological polar surface area (TPSA) is 42.0 Å². The fourth-order valence-corrected chi connectivity index (χ4v) is 3.37. The minimum atomic E-state index is -0.588. The van der Waals surface area contributed by atoms with E-state index in [-0.39, 0.29) is 5.91 Å². The molecular formula is C21H24F2N2O3. The Morgan fingerprint density at radius 1 is 0.821 bits per heavy atom. The standard InChI is InChI=1S/C21H24F2N2O3/c1-27-19-9-16(10-20(12-19)28-2)14-25-6-5-24(4-3-21(25)26)13-15-7-17(22)11-18(23)8-15/h7-12H,3-6,13-14H2,1-2H3. The summed E-state index contributed by atoms with van der Waals surface area (Å²) in [5, 5.41) is 0. The van der Waals surface area contributed by atoms with Crippen molar-refractivity contribution in [2.45, 2.75) is 19.5 Å². The maximum atomic E-state index is 13.4. The molecule has 3 rings (SSSR count). The van der Waals surface area contributed by atoms with E-state index in [0.717, 1.165) is 11.6 Å². The van der Waals surface area contributed by atoms with Gasteiger partial charge in [0.15, 0.2) is 0 Å². The van der Waals surface area contributed by atoms with Gasteiger partial charge in [-0.15, -0.1) is 0 Å². The van der Waals surface area contributed by atoms with Gasteiger partial charge in [0.1, 0.15) is 23.1 Å². The van der Waals surface area contributed by atoms with E-state index >= 15 is 0 Å². The third-order valence-corrected chi connectivity index (χ3v) is 4.79. The Morgan fingerprint density at radius 3 is 2.04 bits per heavy atom. The number of hydrogen-bond acceptors (Lipinski definition) is 4. The van der Waals surface area contributed by atoms with Crippen molar-refractivity contribution in [1.29, 1.82) is 0 Å². The second-order valence-electron chi connectivity index (χ2n) is 6.84. The fraction of sp³-hybridized carbons (Fsp3) is 0.381. The minimum Gasteiger partial charge on any atom is -0.497 e.